The number of aromatic nitrogens is 1. The number of amides is 2. The van der Waals surface area contributed by atoms with E-state index in [4.69, 9.17) is 14.0 Å². The van der Waals surface area contributed by atoms with Crippen LogP contribution in [0.4, 0.5) is 10.6 Å². The second kappa shape index (κ2) is 7.35. The van der Waals surface area contributed by atoms with E-state index in [1.54, 1.807) is 27.1 Å². The van der Waals surface area contributed by atoms with Crippen molar-refractivity contribution in [2.24, 2.45) is 0 Å². The molecule has 1 aromatic heterocycles. The summed E-state index contributed by atoms with van der Waals surface area (Å²) in [5.74, 6) is 2.53. The van der Waals surface area contributed by atoms with Gasteiger partial charge < -0.3 is 18.9 Å². The number of aryl methyl sites for hydroxylation is 1. The summed E-state index contributed by atoms with van der Waals surface area (Å²) >= 11 is 0. The van der Waals surface area contributed by atoms with Crippen LogP contribution in [0.5, 0.6) is 11.5 Å². The highest BCUT2D eigenvalue weighted by atomic mass is 16.5. The van der Waals surface area contributed by atoms with E-state index < -0.39 is 0 Å². The number of nitrogens with one attached hydrogen (secondary N) is 1. The molecule has 2 aromatic rings. The zero-order chi connectivity index (χ0) is 15.9. The minimum absolute atomic E-state index is 0.272. The van der Waals surface area contributed by atoms with E-state index in [9.17, 15) is 4.79 Å². The fourth-order valence-corrected chi connectivity index (χ4v) is 1.70. The predicted molar refractivity (Wildman–Crippen MR) is 81.4 cm³/mol. The van der Waals surface area contributed by atoms with Gasteiger partial charge in [0.1, 0.15) is 23.9 Å². The van der Waals surface area contributed by atoms with Crippen molar-refractivity contribution in [1.29, 1.82) is 0 Å². The molecule has 0 atom stereocenters. The maximum absolute atomic E-state index is 11.9. The smallest absolute Gasteiger partial charge is 0.322 e. The average Bonchev–Trinajstić information content (AvgIpc) is 2.93. The summed E-state index contributed by atoms with van der Waals surface area (Å²) < 4.78 is 15.5. The van der Waals surface area contributed by atoms with E-state index in [0.29, 0.717) is 24.7 Å². The molecule has 0 spiro atoms. The van der Waals surface area contributed by atoms with E-state index in [1.807, 2.05) is 24.3 Å². The first-order valence-corrected chi connectivity index (χ1v) is 6.81. The van der Waals surface area contributed by atoms with Gasteiger partial charge in [-0.1, -0.05) is 5.16 Å². The molecule has 22 heavy (non-hydrogen) atoms. The van der Waals surface area contributed by atoms with E-state index in [2.05, 4.69) is 10.5 Å². The Labute approximate surface area is 128 Å². The van der Waals surface area contributed by atoms with Gasteiger partial charge >= 0.3 is 6.03 Å². The zero-order valence-corrected chi connectivity index (χ0v) is 12.8. The maximum atomic E-state index is 11.9. The highest BCUT2D eigenvalue weighted by molar-refractivity contribution is 5.88. The third kappa shape index (κ3) is 4.41. The molecule has 7 heteroatoms. The molecule has 2 amide bonds. The van der Waals surface area contributed by atoms with Gasteiger partial charge in [0.2, 0.25) is 0 Å². The lowest BCUT2D eigenvalue weighted by Gasteiger charge is -2.17. The van der Waals surface area contributed by atoms with Crippen LogP contribution in [0.15, 0.2) is 34.9 Å². The van der Waals surface area contributed by atoms with Gasteiger partial charge in [0.25, 0.3) is 0 Å². The van der Waals surface area contributed by atoms with Gasteiger partial charge in [-0.2, -0.15) is 0 Å². The molecule has 0 aliphatic carbocycles. The summed E-state index contributed by atoms with van der Waals surface area (Å²) in [4.78, 5) is 13.4. The summed E-state index contributed by atoms with van der Waals surface area (Å²) in [6.07, 6.45) is 0. The van der Waals surface area contributed by atoms with Crippen molar-refractivity contribution >= 4 is 11.8 Å². The molecule has 2 rings (SSSR count). The van der Waals surface area contributed by atoms with Gasteiger partial charge in [0.05, 0.1) is 13.7 Å². The van der Waals surface area contributed by atoms with Crippen molar-refractivity contribution in [3.8, 4) is 11.5 Å². The third-order valence-electron chi connectivity index (χ3n) is 2.96. The number of carbonyl (C=O) groups excluding carboxylic acids is 1. The van der Waals surface area contributed by atoms with E-state index in [1.165, 1.54) is 4.90 Å². The number of carbonyl (C=O) groups is 1. The Bertz CT molecular complexity index is 610. The fourth-order valence-electron chi connectivity index (χ4n) is 1.70. The Balaban J connectivity index is 1.74. The van der Waals surface area contributed by atoms with Crippen molar-refractivity contribution in [2.45, 2.75) is 6.92 Å². The Morgan fingerprint density at radius 3 is 2.59 bits per heavy atom. The van der Waals surface area contributed by atoms with Gasteiger partial charge in [-0.3, -0.25) is 5.32 Å². The second-order valence-electron chi connectivity index (χ2n) is 4.70. The van der Waals surface area contributed by atoms with Crippen LogP contribution in [0.2, 0.25) is 0 Å². The number of anilines is 1. The van der Waals surface area contributed by atoms with Gasteiger partial charge in [-0.25, -0.2) is 4.79 Å². The summed E-state index contributed by atoms with van der Waals surface area (Å²) in [5.41, 5.74) is 0. The molecule has 0 saturated heterocycles. The largest absolute Gasteiger partial charge is 0.497 e. The first kappa shape index (κ1) is 15.7. The minimum atomic E-state index is -0.272. The number of hydrogen-bond donors (Lipinski definition) is 1. The number of ether oxygens (including phenoxy) is 2. The number of nitrogens with zero attached hydrogens (tertiary/aromatic N) is 2. The SMILES string of the molecule is COc1ccc(OCCN(C)C(=O)Nc2cc(C)on2)cc1. The Morgan fingerprint density at radius 1 is 1.32 bits per heavy atom. The highest BCUT2D eigenvalue weighted by Gasteiger charge is 2.11. The molecule has 1 N–H and O–H groups in total. The van der Waals surface area contributed by atoms with Crippen LogP contribution in [-0.2, 0) is 0 Å². The molecule has 1 heterocycles. The van der Waals surface area contributed by atoms with Crippen LogP contribution >= 0.6 is 0 Å². The quantitative estimate of drug-likeness (QED) is 0.887. The molecule has 0 aliphatic rings. The molecule has 7 nitrogen and oxygen atoms in total. The molecule has 0 saturated carbocycles. The number of methoxy groups -OCH3 is 1. The topological polar surface area (TPSA) is 76.8 Å². The summed E-state index contributed by atoms with van der Waals surface area (Å²) in [6.45, 7) is 2.58. The molecular formula is C15H19N3O4. The van der Waals surface area contributed by atoms with Crippen molar-refractivity contribution < 1.29 is 18.8 Å². The third-order valence-corrected chi connectivity index (χ3v) is 2.96. The van der Waals surface area contributed by atoms with Crippen LogP contribution in [-0.4, -0.2) is 43.4 Å². The van der Waals surface area contributed by atoms with Gasteiger partial charge in [0, 0.05) is 13.1 Å². The Morgan fingerprint density at radius 2 is 2.00 bits per heavy atom. The first-order valence-electron chi connectivity index (χ1n) is 6.81. The first-order chi connectivity index (χ1) is 10.6. The van der Waals surface area contributed by atoms with Gasteiger partial charge in [-0.05, 0) is 31.2 Å². The summed E-state index contributed by atoms with van der Waals surface area (Å²) in [5, 5.41) is 6.34. The van der Waals surface area contributed by atoms with Crippen LogP contribution in [0.3, 0.4) is 0 Å². The lowest BCUT2D eigenvalue weighted by molar-refractivity contribution is 0.207. The lowest BCUT2D eigenvalue weighted by atomic mass is 10.3. The van der Waals surface area contributed by atoms with E-state index in [-0.39, 0.29) is 6.03 Å². The average molecular weight is 305 g/mol. The molecule has 0 unspecified atom stereocenters. The lowest BCUT2D eigenvalue weighted by Crippen LogP contribution is -2.34. The Hall–Kier alpha value is -2.70. The van der Waals surface area contributed by atoms with Crippen LogP contribution < -0.4 is 14.8 Å². The minimum Gasteiger partial charge on any atom is -0.497 e. The van der Waals surface area contributed by atoms with Crippen LogP contribution in [0.25, 0.3) is 0 Å². The van der Waals surface area contributed by atoms with Crippen molar-refractivity contribution in [1.82, 2.24) is 10.1 Å². The normalized spacial score (nSPS) is 10.1. The summed E-state index contributed by atoms with van der Waals surface area (Å²) in [7, 11) is 3.29. The maximum Gasteiger partial charge on any atom is 0.322 e. The van der Waals surface area contributed by atoms with Crippen LogP contribution in [0.1, 0.15) is 5.76 Å². The number of rotatable bonds is 6. The Kier molecular flexibility index (Phi) is 5.24. The number of benzene rings is 1. The molecule has 1 aromatic carbocycles. The van der Waals surface area contributed by atoms with Gasteiger partial charge in [-0.15, -0.1) is 0 Å². The molecule has 118 valence electrons. The standard InChI is InChI=1S/C15H19N3O4/c1-11-10-14(17-22-11)16-15(19)18(2)8-9-21-13-6-4-12(20-3)5-7-13/h4-7,10H,8-9H2,1-3H3,(H,16,17,19). The number of hydrogen-bond acceptors (Lipinski definition) is 5. The molecule has 0 aliphatic heterocycles. The summed E-state index contributed by atoms with van der Waals surface area (Å²) in [6, 6.07) is 8.65. The highest BCUT2D eigenvalue weighted by Crippen LogP contribution is 2.16. The zero-order valence-electron chi connectivity index (χ0n) is 12.8. The van der Waals surface area contributed by atoms with Gasteiger partial charge in [0.15, 0.2) is 5.82 Å². The molecule has 0 bridgehead atoms. The second-order valence-corrected chi connectivity index (χ2v) is 4.70. The van der Waals surface area contributed by atoms with E-state index in [0.717, 1.165) is 11.5 Å². The van der Waals surface area contributed by atoms with Crippen molar-refractivity contribution in [3.05, 3.63) is 36.1 Å². The number of likely N-dealkylation sites (N-methyl/N-ethyl adjacent to an activating group) is 1. The van der Waals surface area contributed by atoms with Crippen molar-refractivity contribution in [3.63, 3.8) is 0 Å². The van der Waals surface area contributed by atoms with E-state index >= 15 is 0 Å². The molecule has 0 radical (unpaired) electrons. The van der Waals surface area contributed by atoms with Crippen LogP contribution in [0, 0.1) is 6.92 Å². The molecular weight excluding hydrogens is 286 g/mol. The van der Waals surface area contributed by atoms with Crippen molar-refractivity contribution in [2.75, 3.05) is 32.6 Å². The predicted octanol–water partition coefficient (Wildman–Crippen LogP) is 2.53. The monoisotopic (exact) mass is 305 g/mol. The molecule has 0 fully saturated rings. The fraction of sp³-hybridized carbons (Fsp3) is 0.333. The number of urea groups is 1.